The summed E-state index contributed by atoms with van der Waals surface area (Å²) >= 11 is 0. The summed E-state index contributed by atoms with van der Waals surface area (Å²) in [5.74, 6) is 0. The lowest BCUT2D eigenvalue weighted by Gasteiger charge is -2.34. The third-order valence-electron chi connectivity index (χ3n) is 3.56. The fraction of sp³-hybridized carbons (Fsp3) is 1.00. The van der Waals surface area contributed by atoms with E-state index in [-0.39, 0.29) is 12.1 Å². The van der Waals surface area contributed by atoms with Gasteiger partial charge in [-0.15, -0.1) is 0 Å². The molecule has 0 rings (SSSR count). The topological polar surface area (TPSA) is 58.3 Å². The predicted octanol–water partition coefficient (Wildman–Crippen LogP) is 2.42. The van der Waals surface area contributed by atoms with E-state index in [1.165, 1.54) is 25.7 Å². The summed E-state index contributed by atoms with van der Waals surface area (Å²) in [6.45, 7) is 7.51. The molecule has 0 amide bonds. The summed E-state index contributed by atoms with van der Waals surface area (Å²) in [4.78, 5) is 0. The summed E-state index contributed by atoms with van der Waals surface area (Å²) in [5, 5.41) is 12.6. The van der Waals surface area contributed by atoms with Gasteiger partial charge in [0.2, 0.25) is 0 Å². The van der Waals surface area contributed by atoms with Crippen molar-refractivity contribution in [2.45, 2.75) is 77.3 Å². The monoisotopic (exact) mass is 244 g/mol. The smallest absolute Gasteiger partial charge is 0.0445 e. The van der Waals surface area contributed by atoms with Gasteiger partial charge in [0.1, 0.15) is 0 Å². The van der Waals surface area contributed by atoms with Crippen molar-refractivity contribution in [1.82, 2.24) is 5.32 Å². The first kappa shape index (κ1) is 16.9. The Morgan fingerprint density at radius 1 is 1.24 bits per heavy atom. The van der Waals surface area contributed by atoms with Crippen molar-refractivity contribution in [2.75, 3.05) is 13.2 Å². The third-order valence-corrected chi connectivity index (χ3v) is 3.56. The van der Waals surface area contributed by atoms with Crippen LogP contribution in [0.2, 0.25) is 0 Å². The third kappa shape index (κ3) is 7.74. The van der Waals surface area contributed by atoms with Crippen LogP contribution in [0.15, 0.2) is 0 Å². The second-order valence-electron chi connectivity index (χ2n) is 5.34. The van der Waals surface area contributed by atoms with Crippen LogP contribution < -0.4 is 11.1 Å². The van der Waals surface area contributed by atoms with Crippen molar-refractivity contribution in [1.29, 1.82) is 0 Å². The maximum absolute atomic E-state index is 9.01. The van der Waals surface area contributed by atoms with Gasteiger partial charge in [-0.05, 0) is 26.2 Å². The quantitative estimate of drug-likeness (QED) is 0.489. The molecular weight excluding hydrogens is 212 g/mol. The molecule has 2 unspecified atom stereocenters. The minimum Gasteiger partial charge on any atom is -0.396 e. The molecule has 0 saturated heterocycles. The van der Waals surface area contributed by atoms with E-state index in [9.17, 15) is 0 Å². The SMILES string of the molecule is CCCCCCC(C)(CN)NC(CC)CCO. The molecule has 0 aromatic heterocycles. The lowest BCUT2D eigenvalue weighted by atomic mass is 9.92. The second kappa shape index (κ2) is 9.86. The molecule has 2 atom stereocenters. The highest BCUT2D eigenvalue weighted by atomic mass is 16.3. The highest BCUT2D eigenvalue weighted by Gasteiger charge is 2.24. The first-order chi connectivity index (χ1) is 8.11. The molecule has 0 aliphatic carbocycles. The van der Waals surface area contributed by atoms with Gasteiger partial charge in [-0.2, -0.15) is 0 Å². The van der Waals surface area contributed by atoms with Gasteiger partial charge in [0.05, 0.1) is 0 Å². The van der Waals surface area contributed by atoms with Crippen molar-refractivity contribution >= 4 is 0 Å². The Labute approximate surface area is 107 Å². The molecule has 0 aliphatic heterocycles. The van der Waals surface area contributed by atoms with Gasteiger partial charge in [-0.3, -0.25) is 0 Å². The van der Waals surface area contributed by atoms with Crippen LogP contribution in [0.1, 0.15) is 65.7 Å². The van der Waals surface area contributed by atoms with Gasteiger partial charge >= 0.3 is 0 Å². The number of aliphatic hydroxyl groups excluding tert-OH is 1. The number of aliphatic hydroxyl groups is 1. The summed E-state index contributed by atoms with van der Waals surface area (Å²) in [6.07, 6.45) is 8.12. The van der Waals surface area contributed by atoms with Gasteiger partial charge in [-0.1, -0.05) is 39.5 Å². The van der Waals surface area contributed by atoms with Gasteiger partial charge in [-0.25, -0.2) is 0 Å². The molecule has 0 aromatic rings. The maximum Gasteiger partial charge on any atom is 0.0445 e. The molecule has 3 nitrogen and oxygen atoms in total. The number of nitrogens with one attached hydrogen (secondary N) is 1. The van der Waals surface area contributed by atoms with Crippen LogP contribution in [-0.4, -0.2) is 29.8 Å². The van der Waals surface area contributed by atoms with Gasteiger partial charge in [0, 0.05) is 24.7 Å². The first-order valence-electron chi connectivity index (χ1n) is 7.20. The summed E-state index contributed by atoms with van der Waals surface area (Å²) in [7, 11) is 0. The van der Waals surface area contributed by atoms with Crippen LogP contribution in [0.4, 0.5) is 0 Å². The number of rotatable bonds is 11. The molecule has 0 aromatic carbocycles. The number of hydrogen-bond donors (Lipinski definition) is 3. The standard InChI is InChI=1S/C14H32N2O/c1-4-6-7-8-10-14(3,12-15)16-13(5-2)9-11-17/h13,16-17H,4-12,15H2,1-3H3. The summed E-state index contributed by atoms with van der Waals surface area (Å²) in [6, 6.07) is 0.389. The predicted molar refractivity (Wildman–Crippen MR) is 75.1 cm³/mol. The van der Waals surface area contributed by atoms with Crippen molar-refractivity contribution in [3.05, 3.63) is 0 Å². The van der Waals surface area contributed by atoms with Crippen molar-refractivity contribution < 1.29 is 5.11 Å². The van der Waals surface area contributed by atoms with E-state index < -0.39 is 0 Å². The van der Waals surface area contributed by atoms with Crippen LogP contribution in [0, 0.1) is 0 Å². The molecule has 0 bridgehead atoms. The van der Waals surface area contributed by atoms with Crippen LogP contribution in [-0.2, 0) is 0 Å². The molecule has 0 aliphatic rings. The van der Waals surface area contributed by atoms with Gasteiger partial charge < -0.3 is 16.2 Å². The molecule has 0 saturated carbocycles. The fourth-order valence-corrected chi connectivity index (χ4v) is 2.20. The molecule has 0 fully saturated rings. The van der Waals surface area contributed by atoms with Crippen molar-refractivity contribution in [3.8, 4) is 0 Å². The van der Waals surface area contributed by atoms with Crippen molar-refractivity contribution in [2.24, 2.45) is 5.73 Å². The van der Waals surface area contributed by atoms with E-state index >= 15 is 0 Å². The molecule has 17 heavy (non-hydrogen) atoms. The Balaban J connectivity index is 4.05. The Bertz CT molecular complexity index is 176. The van der Waals surface area contributed by atoms with Crippen molar-refractivity contribution in [3.63, 3.8) is 0 Å². The zero-order valence-corrected chi connectivity index (χ0v) is 12.0. The van der Waals surface area contributed by atoms with Crippen LogP contribution >= 0.6 is 0 Å². The number of hydrogen-bond acceptors (Lipinski definition) is 3. The van der Waals surface area contributed by atoms with E-state index in [0.29, 0.717) is 12.6 Å². The highest BCUT2D eigenvalue weighted by Crippen LogP contribution is 2.16. The van der Waals surface area contributed by atoms with E-state index in [1.54, 1.807) is 0 Å². The molecule has 0 heterocycles. The van der Waals surface area contributed by atoms with E-state index in [0.717, 1.165) is 19.3 Å². The lowest BCUT2D eigenvalue weighted by molar-refractivity contribution is 0.225. The Morgan fingerprint density at radius 3 is 2.41 bits per heavy atom. The van der Waals surface area contributed by atoms with E-state index in [1.807, 2.05) is 0 Å². The summed E-state index contributed by atoms with van der Waals surface area (Å²) in [5.41, 5.74) is 5.93. The van der Waals surface area contributed by atoms with Gasteiger partial charge in [0.15, 0.2) is 0 Å². The Morgan fingerprint density at radius 2 is 1.94 bits per heavy atom. The molecule has 0 radical (unpaired) electrons. The second-order valence-corrected chi connectivity index (χ2v) is 5.34. The number of nitrogens with two attached hydrogens (primary N) is 1. The van der Waals surface area contributed by atoms with Crippen LogP contribution in [0.25, 0.3) is 0 Å². The largest absolute Gasteiger partial charge is 0.396 e. The van der Waals surface area contributed by atoms with Gasteiger partial charge in [0.25, 0.3) is 0 Å². The van der Waals surface area contributed by atoms with Crippen LogP contribution in [0.5, 0.6) is 0 Å². The normalized spacial score (nSPS) is 16.8. The molecule has 0 spiro atoms. The Hall–Kier alpha value is -0.120. The molecular formula is C14H32N2O. The number of unbranched alkanes of at least 4 members (excludes halogenated alkanes) is 3. The zero-order chi connectivity index (χ0) is 13.1. The van der Waals surface area contributed by atoms with Crippen LogP contribution in [0.3, 0.4) is 0 Å². The maximum atomic E-state index is 9.01. The first-order valence-corrected chi connectivity index (χ1v) is 7.20. The minimum absolute atomic E-state index is 0.0313. The zero-order valence-electron chi connectivity index (χ0n) is 12.0. The van der Waals surface area contributed by atoms with E-state index in [4.69, 9.17) is 10.8 Å². The minimum atomic E-state index is 0.0313. The van der Waals surface area contributed by atoms with E-state index in [2.05, 4.69) is 26.1 Å². The molecule has 104 valence electrons. The molecule has 3 heteroatoms. The summed E-state index contributed by atoms with van der Waals surface area (Å²) < 4.78 is 0. The highest BCUT2D eigenvalue weighted by molar-refractivity contribution is 4.87. The average Bonchev–Trinajstić information content (AvgIpc) is 2.34. The Kier molecular flexibility index (Phi) is 9.79. The average molecular weight is 244 g/mol. The lowest BCUT2D eigenvalue weighted by Crippen LogP contribution is -2.53. The molecule has 4 N–H and O–H groups in total. The fourth-order valence-electron chi connectivity index (χ4n) is 2.20.